The molecule has 0 aliphatic heterocycles. The zero-order chi connectivity index (χ0) is 15.6. The minimum absolute atomic E-state index is 0.220. The Hall–Kier alpha value is -0.360. The van der Waals surface area contributed by atoms with Crippen molar-refractivity contribution in [1.82, 2.24) is 0 Å². The van der Waals surface area contributed by atoms with Gasteiger partial charge in [0.25, 0.3) is 26.2 Å². The van der Waals surface area contributed by atoms with Gasteiger partial charge in [-0.15, -0.1) is 0 Å². The Labute approximate surface area is 116 Å². The summed E-state index contributed by atoms with van der Waals surface area (Å²) in [5.74, 6) is -2.82. The van der Waals surface area contributed by atoms with Gasteiger partial charge in [-0.1, -0.05) is 0 Å². The molecular formula is C9H16F2O7S2. The van der Waals surface area contributed by atoms with E-state index >= 15 is 0 Å². The van der Waals surface area contributed by atoms with Gasteiger partial charge in [-0.3, -0.25) is 4.18 Å². The van der Waals surface area contributed by atoms with Crippen LogP contribution in [0.15, 0.2) is 0 Å². The van der Waals surface area contributed by atoms with E-state index in [0.29, 0.717) is 0 Å². The molecule has 0 aromatic heterocycles. The van der Waals surface area contributed by atoms with Crippen LogP contribution >= 0.6 is 0 Å². The second kappa shape index (κ2) is 6.18. The molecule has 0 saturated heterocycles. The fourth-order valence-electron chi connectivity index (χ4n) is 1.55. The monoisotopic (exact) mass is 338 g/mol. The molecule has 1 aliphatic carbocycles. The summed E-state index contributed by atoms with van der Waals surface area (Å²) >= 11 is 0. The van der Waals surface area contributed by atoms with Crippen LogP contribution in [0.25, 0.3) is 0 Å². The van der Waals surface area contributed by atoms with Crippen molar-refractivity contribution >= 4 is 20.2 Å². The molecule has 1 fully saturated rings. The van der Waals surface area contributed by atoms with Gasteiger partial charge in [0.1, 0.15) is 0 Å². The van der Waals surface area contributed by atoms with Gasteiger partial charge in [0, 0.05) is 19.3 Å². The van der Waals surface area contributed by atoms with E-state index in [4.69, 9.17) is 4.74 Å². The van der Waals surface area contributed by atoms with E-state index in [-0.39, 0.29) is 13.0 Å². The van der Waals surface area contributed by atoms with Crippen LogP contribution in [0.3, 0.4) is 0 Å². The first-order valence-corrected chi connectivity index (χ1v) is 9.26. The van der Waals surface area contributed by atoms with Crippen molar-refractivity contribution in [2.24, 2.45) is 0 Å². The second-order valence-corrected chi connectivity index (χ2v) is 7.81. The summed E-state index contributed by atoms with van der Waals surface area (Å²) in [6.45, 7) is -0.373. The minimum atomic E-state index is -3.87. The van der Waals surface area contributed by atoms with Gasteiger partial charge in [-0.25, -0.2) is 13.0 Å². The maximum absolute atomic E-state index is 12.6. The number of alkyl halides is 2. The van der Waals surface area contributed by atoms with Crippen LogP contribution in [0.4, 0.5) is 8.78 Å². The lowest BCUT2D eigenvalue weighted by Gasteiger charge is -2.36. The van der Waals surface area contributed by atoms with E-state index in [1.54, 1.807) is 0 Å². The van der Waals surface area contributed by atoms with Crippen LogP contribution in [-0.2, 0) is 33.3 Å². The van der Waals surface area contributed by atoms with Gasteiger partial charge in [0.2, 0.25) is 0 Å². The third-order valence-corrected chi connectivity index (χ3v) is 3.49. The van der Waals surface area contributed by atoms with Crippen molar-refractivity contribution in [3.63, 3.8) is 0 Å². The molecule has 1 unspecified atom stereocenters. The summed E-state index contributed by atoms with van der Waals surface area (Å²) < 4.78 is 82.8. The van der Waals surface area contributed by atoms with Gasteiger partial charge in [-0.2, -0.15) is 16.8 Å². The van der Waals surface area contributed by atoms with Gasteiger partial charge in [0.05, 0.1) is 25.2 Å². The van der Waals surface area contributed by atoms with Crippen LogP contribution in [0.2, 0.25) is 0 Å². The van der Waals surface area contributed by atoms with Gasteiger partial charge in [-0.05, 0) is 0 Å². The molecule has 0 radical (unpaired) electrons. The van der Waals surface area contributed by atoms with Gasteiger partial charge >= 0.3 is 0 Å². The van der Waals surface area contributed by atoms with E-state index in [1.807, 2.05) is 0 Å². The van der Waals surface area contributed by atoms with E-state index in [1.165, 1.54) is 0 Å². The fraction of sp³-hybridized carbons (Fsp3) is 1.00. The second-order valence-electron chi connectivity index (χ2n) is 4.57. The molecule has 11 heteroatoms. The molecule has 7 nitrogen and oxygen atoms in total. The zero-order valence-electron chi connectivity index (χ0n) is 10.9. The van der Waals surface area contributed by atoms with Crippen molar-refractivity contribution in [1.29, 1.82) is 0 Å². The molecule has 0 spiro atoms. The predicted octanol–water partition coefficient (Wildman–Crippen LogP) is 0.469. The quantitative estimate of drug-likeness (QED) is 0.469. The zero-order valence-corrected chi connectivity index (χ0v) is 12.5. The van der Waals surface area contributed by atoms with Crippen LogP contribution in [0.5, 0.6) is 0 Å². The normalized spacial score (nSPS) is 21.4. The summed E-state index contributed by atoms with van der Waals surface area (Å²) in [7, 11) is -7.55. The molecule has 1 rings (SSSR count). The number of hydrogen-bond donors (Lipinski definition) is 0. The topological polar surface area (TPSA) is 96.0 Å². The molecular weight excluding hydrogens is 322 g/mol. The van der Waals surface area contributed by atoms with Crippen molar-refractivity contribution in [2.45, 2.75) is 37.6 Å². The van der Waals surface area contributed by atoms with E-state index in [2.05, 4.69) is 8.37 Å². The minimum Gasteiger partial charge on any atom is -0.348 e. The third-order valence-electron chi connectivity index (χ3n) is 2.33. The third kappa shape index (κ3) is 7.43. The number of rotatable bonds is 8. The Morgan fingerprint density at radius 3 is 2.10 bits per heavy atom. The summed E-state index contributed by atoms with van der Waals surface area (Å²) in [6, 6.07) is 0. The van der Waals surface area contributed by atoms with Crippen LogP contribution < -0.4 is 0 Å². The highest BCUT2D eigenvalue weighted by Gasteiger charge is 2.47. The highest BCUT2D eigenvalue weighted by molar-refractivity contribution is 7.86. The molecule has 1 atom stereocenters. The average molecular weight is 338 g/mol. The first kappa shape index (κ1) is 17.7. The molecule has 0 bridgehead atoms. The Bertz CT molecular complexity index is 520. The highest BCUT2D eigenvalue weighted by atomic mass is 32.2. The van der Waals surface area contributed by atoms with Crippen LogP contribution in [0.1, 0.15) is 19.3 Å². The van der Waals surface area contributed by atoms with Crippen molar-refractivity contribution < 1.29 is 38.7 Å². The first-order valence-electron chi connectivity index (χ1n) is 5.62. The molecule has 0 aromatic rings. The lowest BCUT2D eigenvalue weighted by Crippen LogP contribution is -2.44. The maximum atomic E-state index is 12.6. The number of halogens is 2. The standard InChI is InChI=1S/C9H16F2O7S2/c1-19(12,13)16-4-3-8(18-20(2,14)15)17-7-5-9(10,11)6-7/h7-8H,3-6H2,1-2H3. The van der Waals surface area contributed by atoms with E-state index in [9.17, 15) is 25.6 Å². The predicted molar refractivity (Wildman–Crippen MR) is 64.2 cm³/mol. The van der Waals surface area contributed by atoms with E-state index < -0.39 is 51.4 Å². The van der Waals surface area contributed by atoms with Crippen LogP contribution in [0, 0.1) is 0 Å². The molecule has 1 saturated carbocycles. The Morgan fingerprint density at radius 2 is 1.70 bits per heavy atom. The molecule has 1 aliphatic rings. The summed E-state index contributed by atoms with van der Waals surface area (Å²) in [6.07, 6.45) is -1.85. The lowest BCUT2D eigenvalue weighted by atomic mass is 9.91. The van der Waals surface area contributed by atoms with Crippen molar-refractivity contribution in [3.05, 3.63) is 0 Å². The Balaban J connectivity index is 2.48. The van der Waals surface area contributed by atoms with Gasteiger partial charge in [0.15, 0.2) is 6.29 Å². The highest BCUT2D eigenvalue weighted by Crippen LogP contribution is 2.40. The van der Waals surface area contributed by atoms with Crippen molar-refractivity contribution in [3.8, 4) is 0 Å². The molecule has 0 aromatic carbocycles. The molecule has 0 amide bonds. The molecule has 0 N–H and O–H groups in total. The molecule has 0 heterocycles. The summed E-state index contributed by atoms with van der Waals surface area (Å²) in [5, 5.41) is 0. The van der Waals surface area contributed by atoms with Crippen molar-refractivity contribution in [2.75, 3.05) is 19.1 Å². The largest absolute Gasteiger partial charge is 0.348 e. The summed E-state index contributed by atoms with van der Waals surface area (Å²) in [5.41, 5.74) is 0. The Kier molecular flexibility index (Phi) is 5.46. The smallest absolute Gasteiger partial charge is 0.266 e. The number of ether oxygens (including phenoxy) is 1. The number of hydrogen-bond acceptors (Lipinski definition) is 7. The van der Waals surface area contributed by atoms with Crippen LogP contribution in [-0.4, -0.2) is 54.3 Å². The lowest BCUT2D eigenvalue weighted by molar-refractivity contribution is -0.216. The fourth-order valence-corrected chi connectivity index (χ4v) is 2.48. The SMILES string of the molecule is CS(=O)(=O)OCCC(OC1CC(F)(F)C1)OS(C)(=O)=O. The van der Waals surface area contributed by atoms with Gasteiger partial charge < -0.3 is 4.74 Å². The molecule has 20 heavy (non-hydrogen) atoms. The maximum Gasteiger partial charge on any atom is 0.266 e. The Morgan fingerprint density at radius 1 is 1.15 bits per heavy atom. The average Bonchev–Trinajstić information content (AvgIpc) is 2.09. The van der Waals surface area contributed by atoms with E-state index in [0.717, 1.165) is 12.5 Å². The summed E-state index contributed by atoms with van der Waals surface area (Å²) in [4.78, 5) is 0. The molecule has 120 valence electrons. The first-order chi connectivity index (χ1) is 8.86.